The number of nitrogens with one attached hydrogen (secondary N) is 2. The van der Waals surface area contributed by atoms with Gasteiger partial charge in [-0.25, -0.2) is 0 Å². The van der Waals surface area contributed by atoms with Gasteiger partial charge < -0.3 is 26.2 Å². The molecule has 3 aromatic rings. The number of carbonyl (C=O) groups excluding carboxylic acids is 4. The molecular formula is C34H40N6O4. The van der Waals surface area contributed by atoms with Gasteiger partial charge in [0, 0.05) is 50.8 Å². The number of hydrogen-bond acceptors (Lipinski definition) is 6. The summed E-state index contributed by atoms with van der Waals surface area (Å²) >= 11 is 0. The first kappa shape index (κ1) is 30.9. The molecule has 2 aromatic carbocycles. The molecule has 2 aliphatic rings. The largest absolute Gasteiger partial charge is 0.357 e. The van der Waals surface area contributed by atoms with Crippen LogP contribution in [0.4, 0.5) is 0 Å². The average molecular weight is 597 g/mol. The molecule has 0 saturated carbocycles. The maximum atomic E-state index is 14.5. The molecule has 4 N–H and O–H groups in total. The average Bonchev–Trinajstić information content (AvgIpc) is 3.71. The van der Waals surface area contributed by atoms with Gasteiger partial charge >= 0.3 is 0 Å². The van der Waals surface area contributed by atoms with Crippen LogP contribution >= 0.6 is 0 Å². The summed E-state index contributed by atoms with van der Waals surface area (Å²) in [6.07, 6.45) is 4.38. The molecule has 0 bridgehead atoms. The van der Waals surface area contributed by atoms with E-state index in [0.29, 0.717) is 25.9 Å². The first-order chi connectivity index (χ1) is 21.3. The summed E-state index contributed by atoms with van der Waals surface area (Å²) < 4.78 is 0. The van der Waals surface area contributed by atoms with E-state index in [1.165, 1.54) is 0 Å². The van der Waals surface area contributed by atoms with E-state index in [0.717, 1.165) is 16.7 Å². The van der Waals surface area contributed by atoms with Crippen LogP contribution in [0.15, 0.2) is 85.2 Å². The molecule has 0 unspecified atom stereocenters. The molecule has 44 heavy (non-hydrogen) atoms. The van der Waals surface area contributed by atoms with Crippen LogP contribution in [0, 0.1) is 0 Å². The Balaban J connectivity index is 1.47. The van der Waals surface area contributed by atoms with Crippen LogP contribution in [0.2, 0.25) is 0 Å². The predicted octanol–water partition coefficient (Wildman–Crippen LogP) is 1.97. The Hall–Kier alpha value is -4.57. The number of hydrogen-bond donors (Lipinski definition) is 3. The fourth-order valence-corrected chi connectivity index (χ4v) is 6.39. The van der Waals surface area contributed by atoms with Crippen molar-refractivity contribution >= 4 is 23.6 Å². The zero-order chi connectivity index (χ0) is 31.2. The van der Waals surface area contributed by atoms with Crippen LogP contribution in [0.3, 0.4) is 0 Å². The Labute approximate surface area is 258 Å². The van der Waals surface area contributed by atoms with E-state index < -0.39 is 30.1 Å². The quantitative estimate of drug-likeness (QED) is 0.346. The van der Waals surface area contributed by atoms with E-state index in [9.17, 15) is 19.2 Å². The number of nitrogens with zero attached hydrogens (tertiary/aromatic N) is 3. The van der Waals surface area contributed by atoms with Crippen LogP contribution in [0.25, 0.3) is 0 Å². The molecule has 0 aliphatic carbocycles. The highest BCUT2D eigenvalue weighted by atomic mass is 16.2. The van der Waals surface area contributed by atoms with Crippen molar-refractivity contribution in [2.24, 2.45) is 5.73 Å². The van der Waals surface area contributed by atoms with Gasteiger partial charge in [0.1, 0.15) is 18.1 Å². The summed E-state index contributed by atoms with van der Waals surface area (Å²) in [5, 5.41) is 5.54. The SMILES string of the molecule is CNC(=O)[C@@H]1C[C@H](c2ccccc2)CN1C(=O)[C@@H]1C[C@H](c2ccccc2)CN1C(=O)[C@H](Cc1cccnc1)NC(=O)[C@H](C)N. The third-order valence-electron chi connectivity index (χ3n) is 8.74. The molecule has 1 aromatic heterocycles. The third-order valence-corrected chi connectivity index (χ3v) is 8.74. The zero-order valence-corrected chi connectivity index (χ0v) is 25.1. The minimum atomic E-state index is -0.951. The van der Waals surface area contributed by atoms with Crippen LogP contribution in [-0.2, 0) is 25.6 Å². The van der Waals surface area contributed by atoms with Crippen molar-refractivity contribution in [1.82, 2.24) is 25.4 Å². The number of likely N-dealkylation sites (N-methyl/N-ethyl adjacent to an activating group) is 1. The number of amides is 4. The first-order valence-electron chi connectivity index (χ1n) is 15.1. The van der Waals surface area contributed by atoms with E-state index in [-0.39, 0.29) is 36.0 Å². The third kappa shape index (κ3) is 6.81. The Morgan fingerprint density at radius 2 is 1.45 bits per heavy atom. The van der Waals surface area contributed by atoms with Gasteiger partial charge in [-0.15, -0.1) is 0 Å². The maximum absolute atomic E-state index is 14.5. The van der Waals surface area contributed by atoms with E-state index in [4.69, 9.17) is 5.73 Å². The van der Waals surface area contributed by atoms with Crippen LogP contribution in [-0.4, -0.2) is 82.7 Å². The first-order valence-corrected chi connectivity index (χ1v) is 15.1. The minimum Gasteiger partial charge on any atom is -0.357 e. The Morgan fingerprint density at radius 3 is 2.00 bits per heavy atom. The fraction of sp³-hybridized carbons (Fsp3) is 0.382. The second kappa shape index (κ2) is 13.8. The van der Waals surface area contributed by atoms with Gasteiger partial charge in [-0.2, -0.15) is 0 Å². The molecule has 4 amide bonds. The van der Waals surface area contributed by atoms with Crippen LogP contribution in [0.5, 0.6) is 0 Å². The molecule has 5 rings (SSSR count). The fourth-order valence-electron chi connectivity index (χ4n) is 6.39. The van der Waals surface area contributed by atoms with Crippen molar-refractivity contribution in [3.63, 3.8) is 0 Å². The van der Waals surface area contributed by atoms with Gasteiger partial charge in [0.2, 0.25) is 23.6 Å². The smallest absolute Gasteiger partial charge is 0.246 e. The summed E-state index contributed by atoms with van der Waals surface area (Å²) in [5.74, 6) is -1.42. The maximum Gasteiger partial charge on any atom is 0.246 e. The summed E-state index contributed by atoms with van der Waals surface area (Å²) in [4.78, 5) is 62.1. The number of rotatable bonds is 9. The lowest BCUT2D eigenvalue weighted by Crippen LogP contribution is -2.57. The number of carbonyl (C=O) groups is 4. The van der Waals surface area contributed by atoms with E-state index in [1.807, 2.05) is 66.7 Å². The van der Waals surface area contributed by atoms with Gasteiger partial charge in [-0.1, -0.05) is 66.7 Å². The number of pyridine rings is 1. The molecule has 2 saturated heterocycles. The van der Waals surface area contributed by atoms with Crippen molar-refractivity contribution in [1.29, 1.82) is 0 Å². The second-order valence-electron chi connectivity index (χ2n) is 11.7. The molecule has 10 heteroatoms. The molecule has 2 aliphatic heterocycles. The lowest BCUT2D eigenvalue weighted by molar-refractivity contribution is -0.147. The molecule has 0 spiro atoms. The standard InChI is InChI=1S/C34H40N6O4/c1-22(35)31(41)38-28(16-23-10-9-15-37-19-23)33(43)40-21-27(25-13-7-4-8-14-25)18-30(40)34(44)39-20-26(17-29(39)32(42)36-2)24-11-5-3-6-12-24/h3-15,19,22,26-30H,16-18,20-21,35H2,1-2H3,(H,36,42)(H,38,41)/t22-,26-,27-,28-,29-,30-/m0/s1. The lowest BCUT2D eigenvalue weighted by atomic mass is 9.96. The van der Waals surface area contributed by atoms with Gasteiger partial charge in [0.15, 0.2) is 0 Å². The van der Waals surface area contributed by atoms with Crippen LogP contribution < -0.4 is 16.4 Å². The summed E-state index contributed by atoms with van der Waals surface area (Å²) in [7, 11) is 1.57. The Kier molecular flexibility index (Phi) is 9.69. The number of nitrogens with two attached hydrogens (primary N) is 1. The van der Waals surface area contributed by atoms with Crippen LogP contribution in [0.1, 0.15) is 48.3 Å². The van der Waals surface area contributed by atoms with E-state index >= 15 is 0 Å². The highest BCUT2D eigenvalue weighted by molar-refractivity contribution is 5.96. The topological polar surface area (TPSA) is 138 Å². The van der Waals surface area contributed by atoms with Crippen molar-refractivity contribution < 1.29 is 19.2 Å². The van der Waals surface area contributed by atoms with Gasteiger partial charge in [-0.3, -0.25) is 24.2 Å². The molecule has 230 valence electrons. The number of likely N-dealkylation sites (tertiary alicyclic amines) is 2. The number of aromatic nitrogens is 1. The predicted molar refractivity (Wildman–Crippen MR) is 166 cm³/mol. The minimum absolute atomic E-state index is 0.0124. The summed E-state index contributed by atoms with van der Waals surface area (Å²) in [5.41, 5.74) is 8.71. The van der Waals surface area contributed by atoms with Gasteiger partial charge in [0.05, 0.1) is 6.04 Å². The molecular weight excluding hydrogens is 556 g/mol. The Bertz CT molecular complexity index is 1450. The van der Waals surface area contributed by atoms with Crippen molar-refractivity contribution in [3.05, 3.63) is 102 Å². The van der Waals surface area contributed by atoms with Crippen molar-refractivity contribution in [2.75, 3.05) is 20.1 Å². The highest BCUT2D eigenvalue weighted by Gasteiger charge is 2.48. The molecule has 3 heterocycles. The molecule has 2 fully saturated rings. The molecule has 0 radical (unpaired) electrons. The summed E-state index contributed by atoms with van der Waals surface area (Å²) in [6, 6.07) is 20.1. The Morgan fingerprint density at radius 1 is 0.864 bits per heavy atom. The van der Waals surface area contributed by atoms with Crippen molar-refractivity contribution in [3.8, 4) is 0 Å². The molecule has 10 nitrogen and oxygen atoms in total. The van der Waals surface area contributed by atoms with Gasteiger partial charge in [0.25, 0.3) is 0 Å². The number of benzene rings is 2. The van der Waals surface area contributed by atoms with E-state index in [1.54, 1.807) is 42.2 Å². The van der Waals surface area contributed by atoms with Gasteiger partial charge in [-0.05, 0) is 42.5 Å². The lowest BCUT2D eigenvalue weighted by Gasteiger charge is -2.33. The summed E-state index contributed by atoms with van der Waals surface area (Å²) in [6.45, 7) is 2.23. The van der Waals surface area contributed by atoms with E-state index in [2.05, 4.69) is 15.6 Å². The van der Waals surface area contributed by atoms with Crippen molar-refractivity contribution in [2.45, 2.75) is 62.2 Å². The zero-order valence-electron chi connectivity index (χ0n) is 25.1. The monoisotopic (exact) mass is 596 g/mol. The highest BCUT2D eigenvalue weighted by Crippen LogP contribution is 2.37. The molecule has 6 atom stereocenters. The second-order valence-corrected chi connectivity index (χ2v) is 11.7. The normalized spacial score (nSPS) is 22.7.